The molecule has 0 atom stereocenters. The van der Waals surface area contributed by atoms with Crippen LogP contribution in [0.1, 0.15) is 18.4 Å². The first-order chi connectivity index (χ1) is 9.87. The summed E-state index contributed by atoms with van der Waals surface area (Å²) in [5, 5.41) is 3.54. The Bertz CT molecular complexity index is 617. The zero-order valence-electron chi connectivity index (χ0n) is 12.9. The lowest BCUT2D eigenvalue weighted by Gasteiger charge is -2.31. The molecule has 0 spiro atoms. The number of rotatable bonds is 4. The second kappa shape index (κ2) is 7.84. The van der Waals surface area contributed by atoms with Crippen molar-refractivity contribution in [2.45, 2.75) is 30.7 Å². The van der Waals surface area contributed by atoms with E-state index in [1.807, 2.05) is 0 Å². The minimum Gasteiger partial charge on any atom is -0.495 e. The Hall–Kier alpha value is -0.530. The van der Waals surface area contributed by atoms with Gasteiger partial charge in [-0.2, -0.15) is 4.31 Å². The Labute approximate surface area is 143 Å². The fourth-order valence-electron chi connectivity index (χ4n) is 2.59. The molecule has 1 aliphatic rings. The quantitative estimate of drug-likeness (QED) is 0.886. The Kier molecular flexibility index (Phi) is 6.95. The van der Waals surface area contributed by atoms with E-state index in [1.54, 1.807) is 20.0 Å². The highest BCUT2D eigenvalue weighted by Crippen LogP contribution is 2.32. The highest BCUT2D eigenvalue weighted by molar-refractivity contribution is 7.89. The number of hydrogen-bond acceptors (Lipinski definition) is 4. The van der Waals surface area contributed by atoms with E-state index >= 15 is 0 Å². The van der Waals surface area contributed by atoms with Crippen molar-refractivity contribution in [3.8, 4) is 5.75 Å². The molecule has 8 heteroatoms. The molecule has 1 N–H and O–H groups in total. The zero-order chi connectivity index (χ0) is 15.6. The van der Waals surface area contributed by atoms with Crippen LogP contribution in [0.3, 0.4) is 0 Å². The second-order valence-corrected chi connectivity index (χ2v) is 7.63. The summed E-state index contributed by atoms with van der Waals surface area (Å²) < 4.78 is 32.2. The molecule has 2 rings (SSSR count). The lowest BCUT2D eigenvalue weighted by Crippen LogP contribution is -2.44. The second-order valence-electron chi connectivity index (χ2n) is 5.25. The number of methoxy groups -OCH3 is 1. The molecule has 1 aromatic carbocycles. The van der Waals surface area contributed by atoms with Crippen LogP contribution in [0.5, 0.6) is 5.75 Å². The van der Waals surface area contributed by atoms with E-state index in [2.05, 4.69) is 5.32 Å². The van der Waals surface area contributed by atoms with Crippen LogP contribution < -0.4 is 10.1 Å². The smallest absolute Gasteiger partial charge is 0.243 e. The lowest BCUT2D eigenvalue weighted by atomic mass is 10.1. The van der Waals surface area contributed by atoms with Gasteiger partial charge in [0.2, 0.25) is 10.0 Å². The summed E-state index contributed by atoms with van der Waals surface area (Å²) >= 11 is 6.08. The number of aryl methyl sites for hydroxylation is 1. The topological polar surface area (TPSA) is 58.6 Å². The predicted molar refractivity (Wildman–Crippen MR) is 90.8 cm³/mol. The van der Waals surface area contributed by atoms with E-state index < -0.39 is 10.0 Å². The number of ether oxygens (including phenoxy) is 1. The molecule has 0 radical (unpaired) electrons. The van der Waals surface area contributed by atoms with Gasteiger partial charge in [0.1, 0.15) is 5.75 Å². The summed E-state index contributed by atoms with van der Waals surface area (Å²) in [5.41, 5.74) is 0.636. The number of nitrogens with one attached hydrogen (secondary N) is 1. The molecule has 0 amide bonds. The fraction of sp³-hybridized carbons (Fsp3) is 0.571. The summed E-state index contributed by atoms with van der Waals surface area (Å²) in [6, 6.07) is 3.16. The number of nitrogens with zero attached hydrogens (tertiary/aromatic N) is 1. The summed E-state index contributed by atoms with van der Waals surface area (Å²) in [5.74, 6) is 0.484. The molecular formula is C14H22Cl2N2O3S. The number of sulfonamides is 1. The van der Waals surface area contributed by atoms with Gasteiger partial charge in [-0.25, -0.2) is 8.42 Å². The van der Waals surface area contributed by atoms with Crippen molar-refractivity contribution in [2.75, 3.05) is 27.2 Å². The summed E-state index contributed by atoms with van der Waals surface area (Å²) in [6.45, 7) is 3.43. The van der Waals surface area contributed by atoms with Crippen LogP contribution in [0.2, 0.25) is 5.02 Å². The first-order valence-electron chi connectivity index (χ1n) is 6.91. The molecule has 0 aliphatic carbocycles. The van der Waals surface area contributed by atoms with E-state index in [0.717, 1.165) is 25.9 Å². The molecule has 5 nitrogen and oxygen atoms in total. The monoisotopic (exact) mass is 368 g/mol. The van der Waals surface area contributed by atoms with Gasteiger partial charge in [0, 0.05) is 13.1 Å². The van der Waals surface area contributed by atoms with Crippen LogP contribution in [0.25, 0.3) is 0 Å². The van der Waals surface area contributed by atoms with Crippen LogP contribution >= 0.6 is 24.0 Å². The maximum absolute atomic E-state index is 12.8. The van der Waals surface area contributed by atoms with Gasteiger partial charge in [-0.05, 0) is 50.6 Å². The van der Waals surface area contributed by atoms with Crippen molar-refractivity contribution in [1.29, 1.82) is 0 Å². The molecule has 22 heavy (non-hydrogen) atoms. The third kappa shape index (κ3) is 3.86. The Morgan fingerprint density at radius 1 is 1.32 bits per heavy atom. The maximum atomic E-state index is 12.8. The minimum absolute atomic E-state index is 0. The van der Waals surface area contributed by atoms with Crippen molar-refractivity contribution >= 4 is 34.0 Å². The fourth-order valence-corrected chi connectivity index (χ4v) is 4.54. The van der Waals surface area contributed by atoms with E-state index in [4.69, 9.17) is 16.3 Å². The zero-order valence-corrected chi connectivity index (χ0v) is 15.3. The highest BCUT2D eigenvalue weighted by Gasteiger charge is 2.30. The SMILES string of the molecule is COc1cc(C)c(S(=O)(=O)N(C)C2CCNCC2)cc1Cl.Cl. The normalized spacial score (nSPS) is 16.4. The minimum atomic E-state index is -3.55. The van der Waals surface area contributed by atoms with Crippen molar-refractivity contribution in [1.82, 2.24) is 9.62 Å². The van der Waals surface area contributed by atoms with E-state index in [9.17, 15) is 8.42 Å². The van der Waals surface area contributed by atoms with Crippen LogP contribution in [0.15, 0.2) is 17.0 Å². The molecule has 0 saturated carbocycles. The van der Waals surface area contributed by atoms with E-state index in [0.29, 0.717) is 16.3 Å². The van der Waals surface area contributed by atoms with Crippen LogP contribution in [-0.2, 0) is 10.0 Å². The van der Waals surface area contributed by atoms with Gasteiger partial charge in [-0.15, -0.1) is 12.4 Å². The van der Waals surface area contributed by atoms with E-state index in [-0.39, 0.29) is 23.3 Å². The first-order valence-corrected chi connectivity index (χ1v) is 8.72. The van der Waals surface area contributed by atoms with Gasteiger partial charge in [-0.3, -0.25) is 0 Å². The molecular weight excluding hydrogens is 347 g/mol. The number of piperidine rings is 1. The van der Waals surface area contributed by atoms with Crippen molar-refractivity contribution in [3.05, 3.63) is 22.7 Å². The van der Waals surface area contributed by atoms with Crippen LogP contribution in [0, 0.1) is 6.92 Å². The van der Waals surface area contributed by atoms with Gasteiger partial charge < -0.3 is 10.1 Å². The molecule has 1 saturated heterocycles. The molecule has 1 heterocycles. The first kappa shape index (κ1) is 19.5. The van der Waals surface area contributed by atoms with Gasteiger partial charge >= 0.3 is 0 Å². The largest absolute Gasteiger partial charge is 0.495 e. The average Bonchev–Trinajstić information content (AvgIpc) is 2.49. The molecule has 0 unspecified atom stereocenters. The third-order valence-electron chi connectivity index (χ3n) is 3.93. The molecule has 1 fully saturated rings. The lowest BCUT2D eigenvalue weighted by molar-refractivity contribution is 0.296. The molecule has 126 valence electrons. The number of benzene rings is 1. The molecule has 0 aromatic heterocycles. The van der Waals surface area contributed by atoms with Crippen molar-refractivity contribution in [2.24, 2.45) is 0 Å². The summed E-state index contributed by atoms with van der Waals surface area (Å²) in [7, 11) is -0.400. The summed E-state index contributed by atoms with van der Waals surface area (Å²) in [4.78, 5) is 0.245. The van der Waals surface area contributed by atoms with Gasteiger partial charge in [0.15, 0.2) is 0 Å². The maximum Gasteiger partial charge on any atom is 0.243 e. The highest BCUT2D eigenvalue weighted by atomic mass is 35.5. The van der Waals surface area contributed by atoms with Gasteiger partial charge in [0.05, 0.1) is 17.0 Å². The van der Waals surface area contributed by atoms with Crippen LogP contribution in [-0.4, -0.2) is 46.0 Å². The van der Waals surface area contributed by atoms with Gasteiger partial charge in [0.25, 0.3) is 0 Å². The Morgan fingerprint density at radius 2 is 1.91 bits per heavy atom. The summed E-state index contributed by atoms with van der Waals surface area (Å²) in [6.07, 6.45) is 1.64. The standard InChI is InChI=1S/C14H21ClN2O3S.ClH/c1-10-8-13(20-3)12(15)9-14(10)21(18,19)17(2)11-4-6-16-7-5-11;/h8-9,11,16H,4-7H2,1-3H3;1H. The van der Waals surface area contributed by atoms with Crippen LogP contribution in [0.4, 0.5) is 0 Å². The number of hydrogen-bond donors (Lipinski definition) is 1. The van der Waals surface area contributed by atoms with Crippen molar-refractivity contribution < 1.29 is 13.2 Å². The Morgan fingerprint density at radius 3 is 2.45 bits per heavy atom. The molecule has 0 bridgehead atoms. The molecule has 1 aliphatic heterocycles. The number of halogens is 2. The average molecular weight is 369 g/mol. The van der Waals surface area contributed by atoms with Gasteiger partial charge in [-0.1, -0.05) is 11.6 Å². The van der Waals surface area contributed by atoms with E-state index in [1.165, 1.54) is 17.5 Å². The molecule has 1 aromatic rings. The Balaban J connectivity index is 0.00000242. The van der Waals surface area contributed by atoms with Crippen molar-refractivity contribution in [3.63, 3.8) is 0 Å². The third-order valence-corrected chi connectivity index (χ3v) is 6.28. The predicted octanol–water partition coefficient (Wildman–Crippen LogP) is 2.45.